The Morgan fingerprint density at radius 2 is 2.36 bits per heavy atom. The quantitative estimate of drug-likeness (QED) is 0.779. The number of hydrogen-bond donors (Lipinski definition) is 0. The SMILES string of the molecule is CON(C)C(=O)c1ncc(Cl)cc1Br. The third-order valence-electron chi connectivity index (χ3n) is 1.57. The summed E-state index contributed by atoms with van der Waals surface area (Å²) in [7, 11) is 2.91. The summed E-state index contributed by atoms with van der Waals surface area (Å²) in [5.41, 5.74) is 0.263. The lowest BCUT2D eigenvalue weighted by Gasteiger charge is -2.13. The fourth-order valence-electron chi connectivity index (χ4n) is 0.804. The molecule has 0 saturated heterocycles. The number of carbonyl (C=O) groups excluding carboxylic acids is 1. The van der Waals surface area contributed by atoms with Crippen molar-refractivity contribution in [2.75, 3.05) is 14.2 Å². The van der Waals surface area contributed by atoms with Gasteiger partial charge in [0.05, 0.1) is 16.6 Å². The van der Waals surface area contributed by atoms with Crippen LogP contribution in [0.15, 0.2) is 16.7 Å². The second kappa shape index (κ2) is 4.72. The van der Waals surface area contributed by atoms with Gasteiger partial charge in [0.2, 0.25) is 0 Å². The van der Waals surface area contributed by atoms with Crippen LogP contribution in [0, 0.1) is 0 Å². The summed E-state index contributed by atoms with van der Waals surface area (Å²) in [4.78, 5) is 20.2. The van der Waals surface area contributed by atoms with Gasteiger partial charge >= 0.3 is 0 Å². The van der Waals surface area contributed by atoms with Crippen LogP contribution in [0.25, 0.3) is 0 Å². The third kappa shape index (κ3) is 2.43. The van der Waals surface area contributed by atoms with Gasteiger partial charge in [-0.2, -0.15) is 0 Å². The molecule has 0 aliphatic rings. The number of carbonyl (C=O) groups is 1. The highest BCUT2D eigenvalue weighted by Crippen LogP contribution is 2.19. The molecule has 0 saturated carbocycles. The van der Waals surface area contributed by atoms with E-state index in [1.807, 2.05) is 0 Å². The fourth-order valence-corrected chi connectivity index (χ4v) is 1.61. The van der Waals surface area contributed by atoms with Crippen molar-refractivity contribution in [2.45, 2.75) is 0 Å². The van der Waals surface area contributed by atoms with Gasteiger partial charge < -0.3 is 0 Å². The molecule has 0 unspecified atom stereocenters. The number of pyridine rings is 1. The van der Waals surface area contributed by atoms with Crippen molar-refractivity contribution in [1.82, 2.24) is 10.0 Å². The van der Waals surface area contributed by atoms with Gasteiger partial charge in [0.25, 0.3) is 5.91 Å². The van der Waals surface area contributed by atoms with Crippen LogP contribution in [0.5, 0.6) is 0 Å². The zero-order valence-electron chi connectivity index (χ0n) is 7.62. The summed E-state index contributed by atoms with van der Waals surface area (Å²) in [5.74, 6) is -0.337. The molecule has 0 bridgehead atoms. The van der Waals surface area contributed by atoms with Crippen LogP contribution in [0.2, 0.25) is 5.02 Å². The Morgan fingerprint density at radius 1 is 1.71 bits per heavy atom. The molecule has 0 radical (unpaired) electrons. The first-order valence-corrected chi connectivity index (χ1v) is 4.86. The van der Waals surface area contributed by atoms with Crippen LogP contribution in [-0.2, 0) is 4.84 Å². The smallest absolute Gasteiger partial charge is 0.274 e. The molecule has 1 aromatic heterocycles. The van der Waals surface area contributed by atoms with E-state index in [0.29, 0.717) is 9.50 Å². The average molecular weight is 280 g/mol. The standard InChI is InChI=1S/C8H8BrClN2O2/c1-12(14-2)8(13)7-6(9)3-5(10)4-11-7/h3-4H,1-2H3. The predicted molar refractivity (Wildman–Crippen MR) is 56.0 cm³/mol. The molecule has 0 aliphatic heterocycles. The molecule has 6 heteroatoms. The molecular formula is C8H8BrClN2O2. The maximum Gasteiger partial charge on any atom is 0.296 e. The highest BCUT2D eigenvalue weighted by molar-refractivity contribution is 9.10. The number of nitrogens with zero attached hydrogens (tertiary/aromatic N) is 2. The maximum absolute atomic E-state index is 11.6. The van der Waals surface area contributed by atoms with Gasteiger partial charge in [-0.3, -0.25) is 9.63 Å². The number of halogens is 2. The summed E-state index contributed by atoms with van der Waals surface area (Å²) < 4.78 is 0.541. The van der Waals surface area contributed by atoms with Gasteiger partial charge in [-0.15, -0.1) is 0 Å². The Hall–Kier alpha value is -0.650. The molecule has 0 fully saturated rings. The first kappa shape index (κ1) is 11.4. The molecule has 0 N–H and O–H groups in total. The molecule has 0 spiro atoms. The van der Waals surface area contributed by atoms with Crippen molar-refractivity contribution in [3.05, 3.63) is 27.5 Å². The summed E-state index contributed by atoms with van der Waals surface area (Å²) in [6, 6.07) is 1.60. The van der Waals surface area contributed by atoms with E-state index in [4.69, 9.17) is 16.4 Å². The predicted octanol–water partition coefficient (Wildman–Crippen LogP) is 2.13. The van der Waals surface area contributed by atoms with Gasteiger partial charge in [0, 0.05) is 13.2 Å². The number of amides is 1. The monoisotopic (exact) mass is 278 g/mol. The molecule has 1 amide bonds. The molecular weight excluding hydrogens is 271 g/mol. The van der Waals surface area contributed by atoms with E-state index in [1.165, 1.54) is 20.4 Å². The number of hydrogen-bond acceptors (Lipinski definition) is 3. The molecule has 0 aromatic carbocycles. The van der Waals surface area contributed by atoms with Crippen molar-refractivity contribution < 1.29 is 9.63 Å². The summed E-state index contributed by atoms with van der Waals surface area (Å²) >= 11 is 8.88. The van der Waals surface area contributed by atoms with Crippen molar-refractivity contribution >= 4 is 33.4 Å². The van der Waals surface area contributed by atoms with Crippen molar-refractivity contribution in [3.8, 4) is 0 Å². The largest absolute Gasteiger partial charge is 0.296 e. The third-order valence-corrected chi connectivity index (χ3v) is 2.38. The van der Waals surface area contributed by atoms with E-state index in [2.05, 4.69) is 20.9 Å². The highest BCUT2D eigenvalue weighted by Gasteiger charge is 2.16. The summed E-state index contributed by atoms with van der Waals surface area (Å²) in [5, 5.41) is 1.55. The summed E-state index contributed by atoms with van der Waals surface area (Å²) in [6.45, 7) is 0. The van der Waals surface area contributed by atoms with Crippen molar-refractivity contribution in [3.63, 3.8) is 0 Å². The first-order chi connectivity index (χ1) is 6.56. The van der Waals surface area contributed by atoms with Gasteiger partial charge in [0.1, 0.15) is 5.69 Å². The van der Waals surface area contributed by atoms with Gasteiger partial charge in [-0.05, 0) is 22.0 Å². The van der Waals surface area contributed by atoms with Crippen molar-refractivity contribution in [2.24, 2.45) is 0 Å². The van der Waals surface area contributed by atoms with Crippen LogP contribution in [-0.4, -0.2) is 30.1 Å². The van der Waals surface area contributed by atoms with E-state index in [0.717, 1.165) is 5.06 Å². The Morgan fingerprint density at radius 3 is 2.86 bits per heavy atom. The van der Waals surface area contributed by atoms with Crippen LogP contribution < -0.4 is 0 Å². The number of aromatic nitrogens is 1. The molecule has 14 heavy (non-hydrogen) atoms. The van der Waals surface area contributed by atoms with Gasteiger partial charge in [0.15, 0.2) is 0 Å². The topological polar surface area (TPSA) is 42.4 Å². The normalized spacial score (nSPS) is 10.0. The van der Waals surface area contributed by atoms with Crippen LogP contribution in [0.3, 0.4) is 0 Å². The van der Waals surface area contributed by atoms with E-state index in [-0.39, 0.29) is 11.6 Å². The molecule has 4 nitrogen and oxygen atoms in total. The lowest BCUT2D eigenvalue weighted by Crippen LogP contribution is -2.26. The minimum Gasteiger partial charge on any atom is -0.274 e. The second-order valence-corrected chi connectivity index (χ2v) is 3.76. The van der Waals surface area contributed by atoms with E-state index in [1.54, 1.807) is 6.07 Å². The zero-order chi connectivity index (χ0) is 10.7. The van der Waals surface area contributed by atoms with Gasteiger partial charge in [-0.1, -0.05) is 11.6 Å². The molecule has 1 rings (SSSR count). The van der Waals surface area contributed by atoms with Crippen LogP contribution >= 0.6 is 27.5 Å². The zero-order valence-corrected chi connectivity index (χ0v) is 9.96. The Kier molecular flexibility index (Phi) is 3.86. The first-order valence-electron chi connectivity index (χ1n) is 3.69. The number of rotatable bonds is 2. The fraction of sp³-hybridized carbons (Fsp3) is 0.250. The molecule has 1 aromatic rings. The van der Waals surface area contributed by atoms with E-state index < -0.39 is 0 Å². The van der Waals surface area contributed by atoms with Crippen LogP contribution in [0.4, 0.5) is 0 Å². The lowest BCUT2D eigenvalue weighted by atomic mass is 10.3. The van der Waals surface area contributed by atoms with Gasteiger partial charge in [-0.25, -0.2) is 10.0 Å². The Bertz CT molecular complexity index is 359. The molecule has 0 aliphatic carbocycles. The Balaban J connectivity index is 3.02. The molecule has 76 valence electrons. The average Bonchev–Trinajstić information content (AvgIpc) is 2.15. The molecule has 1 heterocycles. The Labute approximate surface area is 94.9 Å². The van der Waals surface area contributed by atoms with E-state index >= 15 is 0 Å². The lowest BCUT2D eigenvalue weighted by molar-refractivity contribution is -0.0761. The highest BCUT2D eigenvalue weighted by atomic mass is 79.9. The van der Waals surface area contributed by atoms with Crippen LogP contribution in [0.1, 0.15) is 10.5 Å². The number of hydroxylamine groups is 2. The van der Waals surface area contributed by atoms with E-state index in [9.17, 15) is 4.79 Å². The van der Waals surface area contributed by atoms with Crippen molar-refractivity contribution in [1.29, 1.82) is 0 Å². The maximum atomic E-state index is 11.6. The molecule has 0 atom stereocenters. The minimum absolute atomic E-state index is 0.263. The second-order valence-electron chi connectivity index (χ2n) is 2.47. The summed E-state index contributed by atoms with van der Waals surface area (Å²) in [6.07, 6.45) is 1.41. The minimum atomic E-state index is -0.337.